The number of nitrogens with zero attached hydrogens (tertiary/aromatic N) is 8. The number of imide groups is 1. The Balaban J connectivity index is 0.786. The molecule has 1 atom stereocenters. The number of fused-ring (bicyclic) bond motifs is 4. The maximum absolute atomic E-state index is 14.3. The van der Waals surface area contributed by atoms with Crippen molar-refractivity contribution in [2.45, 2.75) is 83.1 Å². The van der Waals surface area contributed by atoms with Gasteiger partial charge in [0.2, 0.25) is 23.6 Å². The molecule has 2 saturated heterocycles. The van der Waals surface area contributed by atoms with Gasteiger partial charge in [-0.25, -0.2) is 23.5 Å². The Morgan fingerprint density at radius 2 is 1.70 bits per heavy atom. The number of piperazine rings is 1. The van der Waals surface area contributed by atoms with E-state index in [0.29, 0.717) is 34.9 Å². The summed E-state index contributed by atoms with van der Waals surface area (Å²) < 4.78 is 50.9. The second-order valence-corrected chi connectivity index (χ2v) is 18.6. The smallest absolute Gasteiger partial charge is 0.329 e. The van der Waals surface area contributed by atoms with Crippen LogP contribution in [0.25, 0.3) is 22.6 Å². The SMILES string of the molecule is Cn1c(=O)n([C@@H]2CCC(=O)NC2=O)c2ccc(CC(C)(C)CN3CCN(c4nccc(-c5nc(C67CCC(CNC(=O)c8cc(F)c(O)c(F)c8F)(CC6)CC7)no5)n4)CC3)cc21. The van der Waals surface area contributed by atoms with Crippen LogP contribution in [0.1, 0.15) is 93.0 Å². The van der Waals surface area contributed by atoms with Crippen LogP contribution >= 0.6 is 0 Å². The Morgan fingerprint density at radius 1 is 0.968 bits per heavy atom. The lowest BCUT2D eigenvalue weighted by Crippen LogP contribution is -2.49. The number of anilines is 1. The molecule has 0 radical (unpaired) electrons. The van der Waals surface area contributed by atoms with E-state index in [9.17, 15) is 37.5 Å². The van der Waals surface area contributed by atoms with Gasteiger partial charge < -0.3 is 19.8 Å². The van der Waals surface area contributed by atoms with E-state index in [2.05, 4.69) is 44.4 Å². The van der Waals surface area contributed by atoms with Crippen LogP contribution < -0.4 is 21.2 Å². The van der Waals surface area contributed by atoms with Crippen LogP contribution in [0.5, 0.6) is 5.75 Å². The molecule has 63 heavy (non-hydrogen) atoms. The fourth-order valence-corrected chi connectivity index (χ4v) is 10.2. The predicted molar refractivity (Wildman–Crippen MR) is 222 cm³/mol. The molecule has 0 spiro atoms. The number of piperidine rings is 1. The zero-order chi connectivity index (χ0) is 44.4. The van der Waals surface area contributed by atoms with Gasteiger partial charge in [0, 0.05) is 64.3 Å². The number of carbonyl (C=O) groups excluding carboxylic acids is 3. The second kappa shape index (κ2) is 15.9. The highest BCUT2D eigenvalue weighted by Crippen LogP contribution is 2.57. The van der Waals surface area contributed by atoms with Crippen LogP contribution in [0.4, 0.5) is 19.1 Å². The number of phenols is 1. The van der Waals surface area contributed by atoms with Gasteiger partial charge in [-0.05, 0) is 92.0 Å². The van der Waals surface area contributed by atoms with Gasteiger partial charge in [-0.2, -0.15) is 9.37 Å². The molecule has 5 aromatic rings. The molecule has 3 aromatic heterocycles. The zero-order valence-electron chi connectivity index (χ0n) is 35.3. The van der Waals surface area contributed by atoms with Crippen molar-refractivity contribution < 1.29 is 37.2 Å². The summed E-state index contributed by atoms with van der Waals surface area (Å²) in [4.78, 5) is 69.2. The minimum absolute atomic E-state index is 0.0976. The second-order valence-electron chi connectivity index (χ2n) is 18.6. The van der Waals surface area contributed by atoms with Crippen molar-refractivity contribution in [3.63, 3.8) is 0 Å². The summed E-state index contributed by atoms with van der Waals surface area (Å²) >= 11 is 0. The fourth-order valence-electron chi connectivity index (χ4n) is 10.2. The van der Waals surface area contributed by atoms with Crippen LogP contribution in [0.15, 0.2) is 45.8 Å². The summed E-state index contributed by atoms with van der Waals surface area (Å²) in [5, 5.41) is 18.8. The van der Waals surface area contributed by atoms with Crippen LogP contribution in [0.2, 0.25) is 0 Å². The number of amides is 3. The lowest BCUT2D eigenvalue weighted by Gasteiger charge is -2.52. The van der Waals surface area contributed by atoms with Gasteiger partial charge in [0.05, 0.1) is 16.6 Å². The van der Waals surface area contributed by atoms with E-state index in [-0.39, 0.29) is 47.2 Å². The third-order valence-corrected chi connectivity index (χ3v) is 13.8. The largest absolute Gasteiger partial charge is 0.503 e. The van der Waals surface area contributed by atoms with Crippen molar-refractivity contribution in [3.05, 3.63) is 81.4 Å². The van der Waals surface area contributed by atoms with Crippen molar-refractivity contribution in [2.75, 3.05) is 44.2 Å². The standard InChI is InChI=1S/C44H49F3N10O6/c1-42(2,22-25-4-5-29-31(20-25)54(3)41(62)57(29)30-6-7-32(58)51-37(30)61)24-55-16-18-56(19-17-55)40-48-15-8-28(50-40)38-52-39(53-63-38)44-12-9-43(10-13-44,11-14-44)23-49-36(60)26-21-27(45)35(59)34(47)33(26)46/h4-5,8,15,20-21,30,59H,6-7,9-14,16-19,22-24H2,1-3H3,(H,49,60)(H,51,58,61)/t30-,43?,44?/m1/s1. The molecule has 3 N–H and O–H groups in total. The quantitative estimate of drug-likeness (QED) is 0.123. The lowest BCUT2D eigenvalue weighted by molar-refractivity contribution is -0.135. The number of aromatic nitrogens is 6. The Labute approximate surface area is 359 Å². The number of rotatable bonds is 11. The number of imidazole rings is 1. The Kier molecular flexibility index (Phi) is 10.7. The van der Waals surface area contributed by atoms with Crippen molar-refractivity contribution in [2.24, 2.45) is 17.9 Å². The molecule has 332 valence electrons. The summed E-state index contributed by atoms with van der Waals surface area (Å²) in [6.45, 7) is 8.59. The third kappa shape index (κ3) is 7.84. The minimum atomic E-state index is -1.80. The number of benzene rings is 2. The number of carbonyl (C=O) groups is 3. The first-order valence-electron chi connectivity index (χ1n) is 21.4. The molecule has 2 bridgehead atoms. The van der Waals surface area contributed by atoms with Crippen molar-refractivity contribution in [1.82, 2.24) is 44.8 Å². The molecule has 5 aliphatic rings. The zero-order valence-corrected chi connectivity index (χ0v) is 35.3. The number of phenolic OH excluding ortho intramolecular Hbond substituents is 1. The third-order valence-electron chi connectivity index (χ3n) is 13.8. The molecule has 19 heteroatoms. The highest BCUT2D eigenvalue weighted by Gasteiger charge is 2.52. The number of hydrogen-bond acceptors (Lipinski definition) is 12. The van der Waals surface area contributed by atoms with Crippen molar-refractivity contribution in [1.29, 1.82) is 0 Å². The van der Waals surface area contributed by atoms with E-state index in [1.54, 1.807) is 23.9 Å². The Hall–Kier alpha value is -6.11. The molecular formula is C44H49F3N10O6. The first kappa shape index (κ1) is 42.2. The molecule has 5 heterocycles. The van der Waals surface area contributed by atoms with Crippen molar-refractivity contribution >= 4 is 34.7 Å². The molecule has 10 rings (SSSR count). The molecule has 2 aromatic carbocycles. The maximum atomic E-state index is 14.3. The first-order chi connectivity index (χ1) is 30.0. The Morgan fingerprint density at radius 3 is 2.41 bits per heavy atom. The van der Waals surface area contributed by atoms with Crippen LogP contribution in [0.3, 0.4) is 0 Å². The lowest BCUT2D eigenvalue weighted by atomic mass is 9.53. The fraction of sp³-hybridized carbons (Fsp3) is 0.500. The summed E-state index contributed by atoms with van der Waals surface area (Å²) in [5.41, 5.74) is 1.28. The normalized spacial score (nSPS) is 23.1. The summed E-state index contributed by atoms with van der Waals surface area (Å²) in [6, 6.07) is 7.47. The van der Waals surface area contributed by atoms with E-state index >= 15 is 0 Å². The van der Waals surface area contributed by atoms with Gasteiger partial charge in [-0.15, -0.1) is 0 Å². The number of aryl methyl sites for hydroxylation is 1. The predicted octanol–water partition coefficient (Wildman–Crippen LogP) is 4.69. The molecule has 0 unspecified atom stereocenters. The maximum Gasteiger partial charge on any atom is 0.329 e. The van der Waals surface area contributed by atoms with Crippen LogP contribution in [-0.4, -0.2) is 96.2 Å². The van der Waals surface area contributed by atoms with E-state index in [1.165, 1.54) is 4.57 Å². The van der Waals surface area contributed by atoms with E-state index in [1.807, 2.05) is 18.2 Å². The molecule has 16 nitrogen and oxygen atoms in total. The summed E-state index contributed by atoms with van der Waals surface area (Å²) in [6.07, 6.45) is 7.38. The van der Waals surface area contributed by atoms with E-state index in [0.717, 1.165) is 88.7 Å². The average molecular weight is 871 g/mol. The van der Waals surface area contributed by atoms with Gasteiger partial charge in [0.25, 0.3) is 11.8 Å². The average Bonchev–Trinajstić information content (AvgIpc) is 3.88. The van der Waals surface area contributed by atoms with Gasteiger partial charge >= 0.3 is 5.69 Å². The van der Waals surface area contributed by atoms with E-state index < -0.39 is 46.6 Å². The minimum Gasteiger partial charge on any atom is -0.503 e. The topological polar surface area (TPSA) is 194 Å². The number of aromatic hydroxyl groups is 1. The van der Waals surface area contributed by atoms with Crippen LogP contribution in [0, 0.1) is 28.3 Å². The number of halogens is 3. The molecule has 3 saturated carbocycles. The van der Waals surface area contributed by atoms with Gasteiger partial charge in [0.15, 0.2) is 23.2 Å². The molecule has 5 fully saturated rings. The number of nitrogens with one attached hydrogen (secondary N) is 2. The summed E-state index contributed by atoms with van der Waals surface area (Å²) in [5.74, 6) is -6.49. The molecular weight excluding hydrogens is 822 g/mol. The highest BCUT2D eigenvalue weighted by molar-refractivity contribution is 6.00. The molecule has 3 aliphatic carbocycles. The van der Waals surface area contributed by atoms with Gasteiger partial charge in [-0.1, -0.05) is 25.1 Å². The van der Waals surface area contributed by atoms with Crippen molar-refractivity contribution in [3.8, 4) is 17.3 Å². The van der Waals surface area contributed by atoms with Gasteiger partial charge in [0.1, 0.15) is 11.7 Å². The van der Waals surface area contributed by atoms with Crippen LogP contribution in [-0.2, 0) is 28.5 Å². The number of hydrogen-bond donors (Lipinski definition) is 3. The highest BCUT2D eigenvalue weighted by atomic mass is 19.2. The molecule has 3 amide bonds. The van der Waals surface area contributed by atoms with Gasteiger partial charge in [-0.3, -0.25) is 33.7 Å². The Bertz CT molecular complexity index is 2680. The molecule has 2 aliphatic heterocycles. The monoisotopic (exact) mass is 870 g/mol. The summed E-state index contributed by atoms with van der Waals surface area (Å²) in [7, 11) is 1.71. The first-order valence-corrected chi connectivity index (χ1v) is 21.4. The van der Waals surface area contributed by atoms with E-state index in [4.69, 9.17) is 14.5 Å².